The van der Waals surface area contributed by atoms with E-state index in [4.69, 9.17) is 9.73 Å². The predicted octanol–water partition coefficient (Wildman–Crippen LogP) is 4.33. The van der Waals surface area contributed by atoms with Crippen molar-refractivity contribution in [3.63, 3.8) is 0 Å². The minimum absolute atomic E-state index is 0.0970. The van der Waals surface area contributed by atoms with E-state index < -0.39 is 10.3 Å². The van der Waals surface area contributed by atoms with Crippen LogP contribution in [0.4, 0.5) is 4.79 Å². The van der Waals surface area contributed by atoms with E-state index in [-0.39, 0.29) is 17.5 Å². The third kappa shape index (κ3) is 4.59. The van der Waals surface area contributed by atoms with Gasteiger partial charge in [0.1, 0.15) is 5.60 Å². The zero-order valence-corrected chi connectivity index (χ0v) is 19.1. The van der Waals surface area contributed by atoms with Crippen molar-refractivity contribution in [3.05, 3.63) is 0 Å². The average Bonchev–Trinajstić information content (AvgIpc) is 3.28. The lowest BCUT2D eigenvalue weighted by Gasteiger charge is -2.35. The van der Waals surface area contributed by atoms with Crippen LogP contribution in [0.1, 0.15) is 79.1 Å². The van der Waals surface area contributed by atoms with Gasteiger partial charge >= 0.3 is 6.09 Å². The van der Waals surface area contributed by atoms with Crippen molar-refractivity contribution in [2.75, 3.05) is 13.1 Å². The Morgan fingerprint density at radius 3 is 2.45 bits per heavy atom. The van der Waals surface area contributed by atoms with Crippen molar-refractivity contribution in [2.45, 2.75) is 94.9 Å². The molecule has 2 aliphatic heterocycles. The fraction of sp³-hybridized carbons (Fsp3) is 0.864. The van der Waals surface area contributed by atoms with Crippen LogP contribution in [0.15, 0.2) is 4.99 Å². The third-order valence-electron chi connectivity index (χ3n) is 7.01. The Labute approximate surface area is 178 Å². The minimum Gasteiger partial charge on any atom is -0.444 e. The number of nitrogens with one attached hydrogen (secondary N) is 1. The fourth-order valence-corrected chi connectivity index (χ4v) is 6.70. The number of hydrogen-bond acceptors (Lipinski definition) is 5. The SMILES string of the molecule is CC(C)(C)OC(=O)N1CCC(CC2(C)SC(=NC34CCC(CC3)C4)NC2=O)CC1. The van der Waals surface area contributed by atoms with Crippen LogP contribution in [0.5, 0.6) is 0 Å². The van der Waals surface area contributed by atoms with E-state index in [1.807, 2.05) is 20.8 Å². The molecule has 0 aromatic carbocycles. The monoisotopic (exact) mass is 421 g/mol. The number of ether oxygens (including phenoxy) is 1. The van der Waals surface area contributed by atoms with Gasteiger partial charge < -0.3 is 15.0 Å². The second-order valence-electron chi connectivity index (χ2n) is 10.7. The smallest absolute Gasteiger partial charge is 0.410 e. The highest BCUT2D eigenvalue weighted by Gasteiger charge is 2.48. The number of likely N-dealkylation sites (tertiary alicyclic amines) is 1. The summed E-state index contributed by atoms with van der Waals surface area (Å²) in [7, 11) is 0. The van der Waals surface area contributed by atoms with Crippen LogP contribution in [-0.4, -0.2) is 51.0 Å². The first-order valence-corrected chi connectivity index (χ1v) is 12.0. The van der Waals surface area contributed by atoms with E-state index >= 15 is 0 Å². The van der Waals surface area contributed by atoms with Crippen LogP contribution in [0.2, 0.25) is 0 Å². The summed E-state index contributed by atoms with van der Waals surface area (Å²) >= 11 is 1.63. The molecule has 2 saturated heterocycles. The molecule has 0 radical (unpaired) electrons. The van der Waals surface area contributed by atoms with Gasteiger partial charge in [-0.1, -0.05) is 11.8 Å². The molecular weight excluding hydrogens is 386 g/mol. The second-order valence-corrected chi connectivity index (χ2v) is 12.2. The van der Waals surface area contributed by atoms with Gasteiger partial charge in [0.05, 0.1) is 10.3 Å². The highest BCUT2D eigenvalue weighted by atomic mass is 32.2. The van der Waals surface area contributed by atoms with E-state index in [1.54, 1.807) is 16.7 Å². The molecule has 29 heavy (non-hydrogen) atoms. The number of hydrogen-bond donors (Lipinski definition) is 1. The Hall–Kier alpha value is -1.24. The van der Waals surface area contributed by atoms with Crippen molar-refractivity contribution in [1.82, 2.24) is 10.2 Å². The van der Waals surface area contributed by atoms with Gasteiger partial charge in [0.2, 0.25) is 5.91 Å². The molecule has 1 unspecified atom stereocenters. The van der Waals surface area contributed by atoms with Crippen molar-refractivity contribution in [3.8, 4) is 0 Å². The van der Waals surface area contributed by atoms with Crippen molar-refractivity contribution in [1.29, 1.82) is 0 Å². The fourth-order valence-electron chi connectivity index (χ4n) is 5.43. The van der Waals surface area contributed by atoms with Gasteiger partial charge in [-0.05, 0) is 90.9 Å². The maximum Gasteiger partial charge on any atom is 0.410 e. The van der Waals surface area contributed by atoms with Gasteiger partial charge in [-0.2, -0.15) is 0 Å². The Morgan fingerprint density at radius 2 is 1.90 bits per heavy atom. The Balaban J connectivity index is 1.32. The molecule has 2 heterocycles. The Bertz CT molecular complexity index is 701. The molecular formula is C22H35N3O3S. The molecule has 6 nitrogen and oxygen atoms in total. The van der Waals surface area contributed by atoms with Crippen molar-refractivity contribution < 1.29 is 14.3 Å². The molecule has 0 aromatic rings. The number of amides is 2. The van der Waals surface area contributed by atoms with E-state index in [0.29, 0.717) is 19.0 Å². The van der Waals surface area contributed by atoms with E-state index in [1.165, 1.54) is 32.1 Å². The van der Waals surface area contributed by atoms with E-state index in [2.05, 4.69) is 12.2 Å². The van der Waals surface area contributed by atoms with Crippen LogP contribution in [0.25, 0.3) is 0 Å². The van der Waals surface area contributed by atoms with Crippen LogP contribution in [0, 0.1) is 11.8 Å². The topological polar surface area (TPSA) is 71.0 Å². The first-order chi connectivity index (χ1) is 13.6. The van der Waals surface area contributed by atoms with Gasteiger partial charge in [-0.3, -0.25) is 9.79 Å². The number of amidine groups is 1. The number of piperidine rings is 1. The molecule has 0 spiro atoms. The van der Waals surface area contributed by atoms with E-state index in [9.17, 15) is 9.59 Å². The molecule has 4 aliphatic rings. The summed E-state index contributed by atoms with van der Waals surface area (Å²) in [6.45, 7) is 9.14. The standard InChI is InChI=1S/C22H35N3O3S/c1-20(2,3)28-19(27)25-11-7-16(8-12-25)13-21(4)17(26)23-18(29-21)24-22-9-5-15(14-22)6-10-22/h15-16H,5-14H2,1-4H3,(H,23,24,26). The molecule has 4 rings (SSSR count). The molecule has 1 N–H and O–H groups in total. The molecule has 0 aromatic heterocycles. The van der Waals surface area contributed by atoms with E-state index in [0.717, 1.165) is 30.3 Å². The molecule has 1 atom stereocenters. The first-order valence-electron chi connectivity index (χ1n) is 11.1. The zero-order valence-electron chi connectivity index (χ0n) is 18.3. The lowest BCUT2D eigenvalue weighted by molar-refractivity contribution is -0.121. The summed E-state index contributed by atoms with van der Waals surface area (Å²) in [5.41, 5.74) is -0.363. The molecule has 2 amide bonds. The van der Waals surface area contributed by atoms with Crippen molar-refractivity contribution in [2.24, 2.45) is 16.8 Å². The Morgan fingerprint density at radius 1 is 1.24 bits per heavy atom. The summed E-state index contributed by atoms with van der Waals surface area (Å²) < 4.78 is 5.03. The van der Waals surface area contributed by atoms with Gasteiger partial charge in [0.25, 0.3) is 0 Å². The summed E-state index contributed by atoms with van der Waals surface area (Å²) in [6, 6.07) is 0. The highest BCUT2D eigenvalue weighted by Crippen LogP contribution is 2.51. The first kappa shape index (κ1) is 21.0. The second kappa shape index (κ2) is 7.47. The molecule has 4 fully saturated rings. The van der Waals surface area contributed by atoms with Crippen LogP contribution >= 0.6 is 11.8 Å². The van der Waals surface area contributed by atoms with Crippen molar-refractivity contribution >= 4 is 28.9 Å². The summed E-state index contributed by atoms with van der Waals surface area (Å²) in [4.78, 5) is 31.9. The third-order valence-corrected chi connectivity index (χ3v) is 8.20. The van der Waals surface area contributed by atoms with Gasteiger partial charge in [0, 0.05) is 13.1 Å². The molecule has 162 valence electrons. The quantitative estimate of drug-likeness (QED) is 0.736. The normalized spacial score (nSPS) is 36.7. The molecule has 2 aliphatic carbocycles. The van der Waals surface area contributed by atoms with Crippen LogP contribution in [0.3, 0.4) is 0 Å². The Kier molecular flexibility index (Phi) is 5.41. The number of nitrogens with zero attached hydrogens (tertiary/aromatic N) is 2. The number of aliphatic imine (C=N–C) groups is 1. The lowest BCUT2D eigenvalue weighted by Crippen LogP contribution is -2.43. The maximum atomic E-state index is 12.8. The highest BCUT2D eigenvalue weighted by molar-refractivity contribution is 8.16. The average molecular weight is 422 g/mol. The maximum absolute atomic E-state index is 12.8. The lowest BCUT2D eigenvalue weighted by atomic mass is 9.87. The van der Waals surface area contributed by atoms with Gasteiger partial charge in [-0.25, -0.2) is 4.79 Å². The minimum atomic E-state index is -0.464. The number of thioether (sulfide) groups is 1. The molecule has 2 bridgehead atoms. The van der Waals surface area contributed by atoms with Gasteiger partial charge in [0.15, 0.2) is 5.17 Å². The van der Waals surface area contributed by atoms with Crippen LogP contribution in [-0.2, 0) is 9.53 Å². The largest absolute Gasteiger partial charge is 0.444 e. The zero-order chi connectivity index (χ0) is 20.9. The number of carbonyl (C=O) groups excluding carboxylic acids is 2. The number of fused-ring (bicyclic) bond motifs is 2. The molecule has 2 saturated carbocycles. The number of carbonyl (C=O) groups is 2. The molecule has 7 heteroatoms. The summed E-state index contributed by atoms with van der Waals surface area (Å²) in [5, 5.41) is 3.92. The van der Waals surface area contributed by atoms with Crippen LogP contribution < -0.4 is 5.32 Å². The predicted molar refractivity (Wildman–Crippen MR) is 116 cm³/mol. The summed E-state index contributed by atoms with van der Waals surface area (Å²) in [6.07, 6.45) is 8.59. The number of rotatable bonds is 3. The van der Waals surface area contributed by atoms with Gasteiger partial charge in [-0.15, -0.1) is 0 Å². The summed E-state index contributed by atoms with van der Waals surface area (Å²) in [5.74, 6) is 1.39.